The highest BCUT2D eigenvalue weighted by Gasteiger charge is 2.15. The zero-order valence-electron chi connectivity index (χ0n) is 14.7. The summed E-state index contributed by atoms with van der Waals surface area (Å²) in [5.41, 5.74) is 2.78. The molecule has 1 fully saturated rings. The van der Waals surface area contributed by atoms with Gasteiger partial charge in [-0.2, -0.15) is 0 Å². The topological polar surface area (TPSA) is 9.23 Å². The summed E-state index contributed by atoms with van der Waals surface area (Å²) in [5.74, 6) is 1.35. The van der Waals surface area contributed by atoms with Crippen LogP contribution >= 0.6 is 0 Å². The van der Waals surface area contributed by atoms with Crippen molar-refractivity contribution in [3.63, 3.8) is 0 Å². The summed E-state index contributed by atoms with van der Waals surface area (Å²) in [6, 6.07) is 21.7. The highest BCUT2D eigenvalue weighted by Crippen LogP contribution is 2.28. The molecular formula is C23H30O. The Labute approximate surface area is 147 Å². The maximum Gasteiger partial charge on any atom is 0.0475 e. The van der Waals surface area contributed by atoms with Gasteiger partial charge in [-0.25, -0.2) is 0 Å². The molecule has 0 bridgehead atoms. The van der Waals surface area contributed by atoms with Crippen molar-refractivity contribution >= 4 is 0 Å². The third-order valence-electron chi connectivity index (χ3n) is 5.35. The van der Waals surface area contributed by atoms with E-state index in [-0.39, 0.29) is 0 Å². The summed E-state index contributed by atoms with van der Waals surface area (Å²) in [5, 5.41) is 0. The first-order chi connectivity index (χ1) is 11.9. The molecule has 1 saturated carbocycles. The number of ether oxygens (including phenoxy) is 1. The summed E-state index contributed by atoms with van der Waals surface area (Å²) in [4.78, 5) is 0. The molecule has 1 nitrogen and oxygen atoms in total. The van der Waals surface area contributed by atoms with E-state index in [4.69, 9.17) is 4.74 Å². The lowest BCUT2D eigenvalue weighted by Gasteiger charge is -2.22. The van der Waals surface area contributed by atoms with Crippen molar-refractivity contribution in [2.75, 3.05) is 13.2 Å². The molecule has 0 aromatic heterocycles. The standard InChI is InChI=1S/C23H30O/c1-4-10-20(11-5-1)16-18-24-19-17-23(21-12-6-2-7-13-21)22-14-8-3-9-15-22/h2-3,6-9,12-15,20,23H,1,4-5,10-11,16-19H2. The maximum atomic E-state index is 6.01. The minimum absolute atomic E-state index is 0.432. The minimum atomic E-state index is 0.432. The van der Waals surface area contributed by atoms with E-state index in [1.165, 1.54) is 49.7 Å². The van der Waals surface area contributed by atoms with Gasteiger partial charge in [-0.3, -0.25) is 0 Å². The zero-order chi connectivity index (χ0) is 16.5. The average molecular weight is 322 g/mol. The Morgan fingerprint density at radius 2 is 1.33 bits per heavy atom. The van der Waals surface area contributed by atoms with Crippen LogP contribution in [0.2, 0.25) is 0 Å². The van der Waals surface area contributed by atoms with Crippen LogP contribution in [0.5, 0.6) is 0 Å². The van der Waals surface area contributed by atoms with Crippen molar-refractivity contribution in [1.29, 1.82) is 0 Å². The van der Waals surface area contributed by atoms with Gasteiger partial charge >= 0.3 is 0 Å². The molecule has 0 saturated heterocycles. The predicted octanol–water partition coefficient (Wildman–Crippen LogP) is 6.20. The van der Waals surface area contributed by atoms with Gasteiger partial charge in [0, 0.05) is 19.1 Å². The number of hydrogen-bond acceptors (Lipinski definition) is 1. The molecule has 1 aliphatic rings. The first-order valence-corrected chi connectivity index (χ1v) is 9.61. The van der Waals surface area contributed by atoms with Crippen LogP contribution in [-0.4, -0.2) is 13.2 Å². The largest absolute Gasteiger partial charge is 0.381 e. The van der Waals surface area contributed by atoms with Gasteiger partial charge in [0.25, 0.3) is 0 Å². The van der Waals surface area contributed by atoms with E-state index in [0.717, 1.165) is 25.6 Å². The summed E-state index contributed by atoms with van der Waals surface area (Å²) in [7, 11) is 0. The second-order valence-corrected chi connectivity index (χ2v) is 7.07. The van der Waals surface area contributed by atoms with E-state index in [2.05, 4.69) is 60.7 Å². The normalized spacial score (nSPS) is 15.7. The van der Waals surface area contributed by atoms with E-state index in [9.17, 15) is 0 Å². The van der Waals surface area contributed by atoms with Gasteiger partial charge in [-0.15, -0.1) is 0 Å². The Balaban J connectivity index is 1.49. The van der Waals surface area contributed by atoms with Crippen molar-refractivity contribution in [2.24, 2.45) is 5.92 Å². The predicted molar refractivity (Wildman–Crippen MR) is 101 cm³/mol. The van der Waals surface area contributed by atoms with Crippen molar-refractivity contribution in [1.82, 2.24) is 0 Å². The first kappa shape index (κ1) is 17.2. The highest BCUT2D eigenvalue weighted by atomic mass is 16.5. The molecule has 0 unspecified atom stereocenters. The average Bonchev–Trinajstić information content (AvgIpc) is 2.67. The van der Waals surface area contributed by atoms with E-state index < -0.39 is 0 Å². The van der Waals surface area contributed by atoms with Crippen LogP contribution in [0.15, 0.2) is 60.7 Å². The van der Waals surface area contributed by atoms with E-state index in [0.29, 0.717) is 5.92 Å². The van der Waals surface area contributed by atoms with Crippen LogP contribution in [0.1, 0.15) is 62.0 Å². The molecule has 0 radical (unpaired) electrons. The third kappa shape index (κ3) is 5.21. The van der Waals surface area contributed by atoms with Crippen LogP contribution in [0.3, 0.4) is 0 Å². The Kier molecular flexibility index (Phi) is 6.92. The Hall–Kier alpha value is -1.60. The minimum Gasteiger partial charge on any atom is -0.381 e. The van der Waals surface area contributed by atoms with Gasteiger partial charge in [-0.05, 0) is 29.9 Å². The van der Waals surface area contributed by atoms with Gasteiger partial charge < -0.3 is 4.74 Å². The fourth-order valence-electron chi connectivity index (χ4n) is 3.93. The first-order valence-electron chi connectivity index (χ1n) is 9.61. The van der Waals surface area contributed by atoms with E-state index >= 15 is 0 Å². The Bertz CT molecular complexity index is 518. The van der Waals surface area contributed by atoms with Crippen LogP contribution in [0, 0.1) is 5.92 Å². The van der Waals surface area contributed by atoms with Crippen LogP contribution in [-0.2, 0) is 4.74 Å². The smallest absolute Gasteiger partial charge is 0.0475 e. The molecule has 0 aliphatic heterocycles. The number of hydrogen-bond donors (Lipinski definition) is 0. The van der Waals surface area contributed by atoms with Crippen LogP contribution < -0.4 is 0 Å². The van der Waals surface area contributed by atoms with E-state index in [1.807, 2.05) is 0 Å². The lowest BCUT2D eigenvalue weighted by Crippen LogP contribution is -2.11. The number of rotatable bonds is 8. The van der Waals surface area contributed by atoms with Gasteiger partial charge in [0.05, 0.1) is 0 Å². The molecule has 2 aromatic rings. The van der Waals surface area contributed by atoms with Crippen molar-refractivity contribution in [3.8, 4) is 0 Å². The molecule has 0 atom stereocenters. The molecule has 0 amide bonds. The molecule has 1 aliphatic carbocycles. The van der Waals surface area contributed by atoms with Gasteiger partial charge in [0.15, 0.2) is 0 Å². The van der Waals surface area contributed by atoms with Crippen molar-refractivity contribution in [3.05, 3.63) is 71.8 Å². The van der Waals surface area contributed by atoms with Gasteiger partial charge in [0.1, 0.15) is 0 Å². The molecule has 3 rings (SSSR count). The summed E-state index contributed by atoms with van der Waals surface area (Å²) in [6.45, 7) is 1.78. The maximum absolute atomic E-state index is 6.01. The molecule has 128 valence electrons. The van der Waals surface area contributed by atoms with Crippen LogP contribution in [0.25, 0.3) is 0 Å². The van der Waals surface area contributed by atoms with E-state index in [1.54, 1.807) is 0 Å². The SMILES string of the molecule is c1ccc(C(CCOCCC2CCCCC2)c2ccccc2)cc1. The quantitative estimate of drug-likeness (QED) is 0.526. The fourth-order valence-corrected chi connectivity index (χ4v) is 3.93. The fraction of sp³-hybridized carbons (Fsp3) is 0.478. The van der Waals surface area contributed by atoms with Gasteiger partial charge in [-0.1, -0.05) is 92.8 Å². The lowest BCUT2D eigenvalue weighted by molar-refractivity contribution is 0.109. The summed E-state index contributed by atoms with van der Waals surface area (Å²) in [6.07, 6.45) is 9.43. The monoisotopic (exact) mass is 322 g/mol. The second-order valence-electron chi connectivity index (χ2n) is 7.07. The Morgan fingerprint density at radius 1 is 0.750 bits per heavy atom. The molecule has 24 heavy (non-hydrogen) atoms. The molecule has 0 N–H and O–H groups in total. The molecule has 0 heterocycles. The number of benzene rings is 2. The molecule has 2 aromatic carbocycles. The second kappa shape index (κ2) is 9.64. The summed E-state index contributed by atoms with van der Waals surface area (Å²) < 4.78 is 6.01. The Morgan fingerprint density at radius 3 is 1.92 bits per heavy atom. The summed E-state index contributed by atoms with van der Waals surface area (Å²) >= 11 is 0. The van der Waals surface area contributed by atoms with Gasteiger partial charge in [0.2, 0.25) is 0 Å². The molecule has 1 heteroatoms. The van der Waals surface area contributed by atoms with Crippen LogP contribution in [0.4, 0.5) is 0 Å². The molecule has 0 spiro atoms. The van der Waals surface area contributed by atoms with Crippen molar-refractivity contribution in [2.45, 2.75) is 50.9 Å². The molecular weight excluding hydrogens is 292 g/mol. The zero-order valence-corrected chi connectivity index (χ0v) is 14.7. The highest BCUT2D eigenvalue weighted by molar-refractivity contribution is 5.32. The van der Waals surface area contributed by atoms with Crippen molar-refractivity contribution < 1.29 is 4.74 Å². The third-order valence-corrected chi connectivity index (χ3v) is 5.35. The lowest BCUT2D eigenvalue weighted by atomic mass is 9.87.